The van der Waals surface area contributed by atoms with Crippen molar-refractivity contribution in [1.29, 1.82) is 0 Å². The lowest BCUT2D eigenvalue weighted by Gasteiger charge is -2.33. The van der Waals surface area contributed by atoms with Crippen molar-refractivity contribution in [3.05, 3.63) is 64.7 Å². The number of benzene rings is 2. The molecule has 0 bridgehead atoms. The Morgan fingerprint density at radius 3 is 2.70 bits per heavy atom. The molecule has 0 saturated heterocycles. The Bertz CT molecular complexity index is 635. The van der Waals surface area contributed by atoms with E-state index in [0.717, 1.165) is 26.1 Å². The minimum absolute atomic E-state index is 0.429. The van der Waals surface area contributed by atoms with Gasteiger partial charge in [-0.3, -0.25) is 0 Å². The van der Waals surface area contributed by atoms with E-state index in [1.54, 1.807) is 0 Å². The molecule has 2 heterocycles. The second-order valence-corrected chi connectivity index (χ2v) is 5.89. The first-order chi connectivity index (χ1) is 9.83. The van der Waals surface area contributed by atoms with Gasteiger partial charge in [0, 0.05) is 31.0 Å². The van der Waals surface area contributed by atoms with Crippen molar-refractivity contribution >= 4 is 0 Å². The molecular formula is C18H19NO. The lowest BCUT2D eigenvalue weighted by molar-refractivity contribution is 0.286. The zero-order chi connectivity index (χ0) is 13.5. The fourth-order valence-corrected chi connectivity index (χ4v) is 3.55. The van der Waals surface area contributed by atoms with Crippen LogP contribution in [0.5, 0.6) is 5.75 Å². The average molecular weight is 265 g/mol. The molecule has 2 aliphatic rings. The zero-order valence-electron chi connectivity index (χ0n) is 11.8. The van der Waals surface area contributed by atoms with Crippen LogP contribution in [0.2, 0.25) is 0 Å². The van der Waals surface area contributed by atoms with Gasteiger partial charge in [0.05, 0.1) is 6.61 Å². The van der Waals surface area contributed by atoms with Crippen molar-refractivity contribution in [1.82, 2.24) is 4.90 Å². The summed E-state index contributed by atoms with van der Waals surface area (Å²) in [6.45, 7) is 2.93. The molecule has 102 valence electrons. The number of rotatable bonds is 1. The second kappa shape index (κ2) is 4.64. The molecule has 0 N–H and O–H groups in total. The Morgan fingerprint density at radius 2 is 1.85 bits per heavy atom. The van der Waals surface area contributed by atoms with Crippen LogP contribution < -0.4 is 4.74 Å². The van der Waals surface area contributed by atoms with Gasteiger partial charge in [-0.1, -0.05) is 42.5 Å². The van der Waals surface area contributed by atoms with Crippen LogP contribution in [0.15, 0.2) is 42.5 Å². The first kappa shape index (κ1) is 12.0. The summed E-state index contributed by atoms with van der Waals surface area (Å²) in [4.78, 5) is 2.40. The highest BCUT2D eigenvalue weighted by molar-refractivity contribution is 5.54. The maximum atomic E-state index is 5.97. The molecule has 2 aromatic rings. The molecule has 1 unspecified atom stereocenters. The Kier molecular flexibility index (Phi) is 2.78. The van der Waals surface area contributed by atoms with Crippen LogP contribution in [-0.4, -0.2) is 25.1 Å². The van der Waals surface area contributed by atoms with Gasteiger partial charge >= 0.3 is 0 Å². The third kappa shape index (κ3) is 1.83. The van der Waals surface area contributed by atoms with Crippen molar-refractivity contribution in [2.24, 2.45) is 0 Å². The summed E-state index contributed by atoms with van der Waals surface area (Å²) in [5, 5.41) is 0. The maximum absolute atomic E-state index is 5.97. The predicted octanol–water partition coefficient (Wildman–Crippen LogP) is 3.20. The highest BCUT2D eigenvalue weighted by Gasteiger charge is 2.30. The van der Waals surface area contributed by atoms with Crippen molar-refractivity contribution in [2.45, 2.75) is 18.9 Å². The van der Waals surface area contributed by atoms with E-state index in [2.05, 4.69) is 54.4 Å². The molecule has 0 aromatic heterocycles. The molecular weight excluding hydrogens is 246 g/mol. The van der Waals surface area contributed by atoms with Crippen LogP contribution in [0, 0.1) is 0 Å². The molecule has 2 heteroatoms. The van der Waals surface area contributed by atoms with Crippen molar-refractivity contribution in [3.8, 4) is 5.75 Å². The van der Waals surface area contributed by atoms with Gasteiger partial charge in [0.25, 0.3) is 0 Å². The van der Waals surface area contributed by atoms with E-state index in [-0.39, 0.29) is 0 Å². The van der Waals surface area contributed by atoms with E-state index < -0.39 is 0 Å². The van der Waals surface area contributed by atoms with Crippen LogP contribution in [0.25, 0.3) is 0 Å². The summed E-state index contributed by atoms with van der Waals surface area (Å²) >= 11 is 0. The highest BCUT2D eigenvalue weighted by atomic mass is 16.5. The molecule has 0 amide bonds. The summed E-state index contributed by atoms with van der Waals surface area (Å²) in [6.07, 6.45) is 1.06. The molecule has 2 aliphatic heterocycles. The summed E-state index contributed by atoms with van der Waals surface area (Å²) in [6, 6.07) is 15.4. The molecule has 2 nitrogen and oxygen atoms in total. The fraction of sp³-hybridized carbons (Fsp3) is 0.333. The monoisotopic (exact) mass is 265 g/mol. The van der Waals surface area contributed by atoms with E-state index in [9.17, 15) is 0 Å². The fourth-order valence-electron chi connectivity index (χ4n) is 3.55. The standard InChI is InChI=1S/C18H19NO/c1-19-11-15-8-7-14-9-10-20-18(14)17(15)16(12-19)13-5-3-2-4-6-13/h2-8,16H,9-12H2,1H3. The van der Waals surface area contributed by atoms with Gasteiger partial charge in [0.2, 0.25) is 0 Å². The van der Waals surface area contributed by atoms with Gasteiger partial charge in [0.1, 0.15) is 5.75 Å². The molecule has 1 atom stereocenters. The van der Waals surface area contributed by atoms with Crippen molar-refractivity contribution in [3.63, 3.8) is 0 Å². The summed E-state index contributed by atoms with van der Waals surface area (Å²) < 4.78 is 5.97. The van der Waals surface area contributed by atoms with E-state index >= 15 is 0 Å². The average Bonchev–Trinajstić information content (AvgIpc) is 2.95. The molecule has 0 radical (unpaired) electrons. The Labute approximate surface area is 120 Å². The molecule has 4 rings (SSSR count). The quantitative estimate of drug-likeness (QED) is 0.785. The minimum Gasteiger partial charge on any atom is -0.493 e. The first-order valence-electron chi connectivity index (χ1n) is 7.34. The number of likely N-dealkylation sites (N-methyl/N-ethyl adjacent to an activating group) is 1. The van der Waals surface area contributed by atoms with Gasteiger partial charge in [-0.15, -0.1) is 0 Å². The number of hydrogen-bond acceptors (Lipinski definition) is 2. The van der Waals surface area contributed by atoms with Crippen LogP contribution >= 0.6 is 0 Å². The minimum atomic E-state index is 0.429. The third-order valence-electron chi connectivity index (χ3n) is 4.47. The van der Waals surface area contributed by atoms with Crippen LogP contribution in [0.3, 0.4) is 0 Å². The van der Waals surface area contributed by atoms with Gasteiger partial charge in [0.15, 0.2) is 0 Å². The summed E-state index contributed by atoms with van der Waals surface area (Å²) in [5.41, 5.74) is 5.64. The van der Waals surface area contributed by atoms with Gasteiger partial charge in [-0.05, 0) is 23.7 Å². The van der Waals surface area contributed by atoms with E-state index in [1.165, 1.54) is 28.0 Å². The maximum Gasteiger partial charge on any atom is 0.126 e. The van der Waals surface area contributed by atoms with Gasteiger partial charge < -0.3 is 9.64 Å². The van der Waals surface area contributed by atoms with Crippen LogP contribution in [-0.2, 0) is 13.0 Å². The van der Waals surface area contributed by atoms with E-state index in [0.29, 0.717) is 5.92 Å². The number of hydrogen-bond donors (Lipinski definition) is 0. The summed E-state index contributed by atoms with van der Waals surface area (Å²) in [7, 11) is 2.20. The Morgan fingerprint density at radius 1 is 1.05 bits per heavy atom. The second-order valence-electron chi connectivity index (χ2n) is 5.89. The number of nitrogens with zero attached hydrogens (tertiary/aromatic N) is 1. The predicted molar refractivity (Wildman–Crippen MR) is 80.3 cm³/mol. The Hall–Kier alpha value is -1.80. The van der Waals surface area contributed by atoms with Crippen LogP contribution in [0.4, 0.5) is 0 Å². The smallest absolute Gasteiger partial charge is 0.126 e. The molecule has 0 spiro atoms. The Balaban J connectivity index is 1.89. The lowest BCUT2D eigenvalue weighted by atomic mass is 9.83. The molecule has 20 heavy (non-hydrogen) atoms. The van der Waals surface area contributed by atoms with E-state index in [4.69, 9.17) is 4.74 Å². The normalized spacial score (nSPS) is 21.1. The molecule has 2 aromatic carbocycles. The topological polar surface area (TPSA) is 12.5 Å². The van der Waals surface area contributed by atoms with Crippen LogP contribution in [0.1, 0.15) is 28.2 Å². The van der Waals surface area contributed by atoms with Crippen molar-refractivity contribution in [2.75, 3.05) is 20.2 Å². The third-order valence-corrected chi connectivity index (χ3v) is 4.47. The van der Waals surface area contributed by atoms with Crippen molar-refractivity contribution < 1.29 is 4.74 Å². The summed E-state index contributed by atoms with van der Waals surface area (Å²) in [5.74, 6) is 1.60. The molecule has 0 saturated carbocycles. The first-order valence-corrected chi connectivity index (χ1v) is 7.34. The van der Waals surface area contributed by atoms with Gasteiger partial charge in [-0.2, -0.15) is 0 Å². The lowest BCUT2D eigenvalue weighted by Crippen LogP contribution is -2.31. The SMILES string of the molecule is CN1Cc2ccc3c(c2C(c2ccccc2)C1)OCC3. The molecule has 0 aliphatic carbocycles. The largest absolute Gasteiger partial charge is 0.493 e. The van der Waals surface area contributed by atoms with Gasteiger partial charge in [-0.25, -0.2) is 0 Å². The number of fused-ring (bicyclic) bond motifs is 3. The highest BCUT2D eigenvalue weighted by Crippen LogP contribution is 2.42. The zero-order valence-corrected chi connectivity index (χ0v) is 11.8. The van der Waals surface area contributed by atoms with E-state index in [1.807, 2.05) is 0 Å². The molecule has 0 fully saturated rings. The number of ether oxygens (including phenoxy) is 1.